The molecule has 0 atom stereocenters. The Morgan fingerprint density at radius 3 is 2.52 bits per heavy atom. The van der Waals surface area contributed by atoms with Gasteiger partial charge in [0.05, 0.1) is 22.4 Å². The lowest BCUT2D eigenvalue weighted by atomic mass is 9.86. The third-order valence-electron chi connectivity index (χ3n) is 4.08. The van der Waals surface area contributed by atoms with Gasteiger partial charge < -0.3 is 10.4 Å². The number of pyridine rings is 1. The first-order chi connectivity index (χ1) is 9.53. The third-order valence-corrected chi connectivity index (χ3v) is 4.08. The van der Waals surface area contributed by atoms with Gasteiger partial charge in [0.15, 0.2) is 5.65 Å². The van der Waals surface area contributed by atoms with Gasteiger partial charge in [0.2, 0.25) is 0 Å². The Balaban J connectivity index is 2.34. The zero-order chi connectivity index (χ0) is 16.0. The molecule has 2 heterocycles. The van der Waals surface area contributed by atoms with Crippen molar-refractivity contribution in [3.8, 4) is 0 Å². The average molecular weight is 290 g/mol. The number of fused-ring (bicyclic) bond motifs is 1. The monoisotopic (exact) mass is 290 g/mol. The van der Waals surface area contributed by atoms with Crippen LogP contribution >= 0.6 is 0 Å². The van der Waals surface area contributed by atoms with Gasteiger partial charge in [-0.25, -0.2) is 4.98 Å². The van der Waals surface area contributed by atoms with E-state index in [0.717, 1.165) is 16.7 Å². The van der Waals surface area contributed by atoms with Crippen molar-refractivity contribution in [2.75, 3.05) is 0 Å². The molecule has 2 rings (SSSR count). The molecular formula is C15H22N4O2. The van der Waals surface area contributed by atoms with Crippen LogP contribution in [0.1, 0.15) is 43.7 Å². The number of hydrogen-bond donors (Lipinski definition) is 2. The smallest absolute Gasteiger partial charge is 0.253 e. The normalized spacial score (nSPS) is 12.7. The largest absolute Gasteiger partial charge is 0.388 e. The molecule has 2 aromatic rings. The summed E-state index contributed by atoms with van der Waals surface area (Å²) in [6.45, 7) is 8.78. The summed E-state index contributed by atoms with van der Waals surface area (Å²) in [5, 5.41) is 18.1. The molecule has 6 nitrogen and oxygen atoms in total. The van der Waals surface area contributed by atoms with Gasteiger partial charge >= 0.3 is 0 Å². The second-order valence-electron chi connectivity index (χ2n) is 6.44. The average Bonchev–Trinajstić information content (AvgIpc) is 2.62. The molecule has 114 valence electrons. The van der Waals surface area contributed by atoms with E-state index in [4.69, 9.17) is 0 Å². The summed E-state index contributed by atoms with van der Waals surface area (Å²) in [4.78, 5) is 16.7. The quantitative estimate of drug-likeness (QED) is 0.899. The van der Waals surface area contributed by atoms with Gasteiger partial charge in [-0.15, -0.1) is 0 Å². The summed E-state index contributed by atoms with van der Waals surface area (Å²) in [6, 6.07) is 1.78. The molecule has 1 amide bonds. The van der Waals surface area contributed by atoms with Gasteiger partial charge in [0, 0.05) is 18.6 Å². The number of hydrogen-bond acceptors (Lipinski definition) is 4. The van der Waals surface area contributed by atoms with Crippen LogP contribution in [0.25, 0.3) is 11.0 Å². The van der Waals surface area contributed by atoms with Gasteiger partial charge in [-0.05, 0) is 40.7 Å². The standard InChI is InChI=1S/C15H22N4O2/c1-9-11-7-10(8-16-12(11)19(6)18-9)13(20)17-14(2,3)15(4,5)21/h7-8,21H,1-6H3,(H,17,20). The van der Waals surface area contributed by atoms with Crippen molar-refractivity contribution in [3.63, 3.8) is 0 Å². The number of nitrogens with one attached hydrogen (secondary N) is 1. The van der Waals surface area contributed by atoms with Crippen LogP contribution < -0.4 is 5.32 Å². The molecule has 2 aromatic heterocycles. The molecule has 0 aliphatic heterocycles. The van der Waals surface area contributed by atoms with E-state index in [9.17, 15) is 9.90 Å². The van der Waals surface area contributed by atoms with Crippen LogP contribution in [0.15, 0.2) is 12.3 Å². The van der Waals surface area contributed by atoms with Gasteiger partial charge in [-0.1, -0.05) is 0 Å². The van der Waals surface area contributed by atoms with Crippen LogP contribution in [0, 0.1) is 6.92 Å². The van der Waals surface area contributed by atoms with E-state index in [0.29, 0.717) is 5.56 Å². The fraction of sp³-hybridized carbons (Fsp3) is 0.533. The Hall–Kier alpha value is -1.95. The van der Waals surface area contributed by atoms with Crippen LogP contribution in [-0.2, 0) is 7.05 Å². The number of carbonyl (C=O) groups excluding carboxylic acids is 1. The molecule has 0 bridgehead atoms. The minimum atomic E-state index is -1.04. The summed E-state index contributed by atoms with van der Waals surface area (Å²) in [6.07, 6.45) is 1.53. The van der Waals surface area contributed by atoms with Gasteiger partial charge in [-0.2, -0.15) is 5.10 Å². The zero-order valence-electron chi connectivity index (χ0n) is 13.4. The number of nitrogens with zero attached hydrogens (tertiary/aromatic N) is 3. The molecule has 0 fully saturated rings. The molecule has 21 heavy (non-hydrogen) atoms. The van der Waals surface area contributed by atoms with Crippen molar-refractivity contribution < 1.29 is 9.90 Å². The van der Waals surface area contributed by atoms with E-state index in [1.165, 1.54) is 6.20 Å². The van der Waals surface area contributed by atoms with Crippen molar-refractivity contribution >= 4 is 16.9 Å². The molecule has 0 radical (unpaired) electrons. The van der Waals surface area contributed by atoms with Crippen molar-refractivity contribution in [2.45, 2.75) is 45.8 Å². The van der Waals surface area contributed by atoms with E-state index in [1.807, 2.05) is 14.0 Å². The summed E-state index contributed by atoms with van der Waals surface area (Å²) in [5.41, 5.74) is 0.228. The molecule has 0 aromatic carbocycles. The lowest BCUT2D eigenvalue weighted by molar-refractivity contribution is -0.00293. The Morgan fingerprint density at radius 2 is 1.95 bits per heavy atom. The van der Waals surface area contributed by atoms with Crippen LogP contribution in [-0.4, -0.2) is 36.9 Å². The summed E-state index contributed by atoms with van der Waals surface area (Å²) >= 11 is 0. The molecular weight excluding hydrogens is 268 g/mol. The molecule has 0 aliphatic rings. The van der Waals surface area contributed by atoms with Crippen molar-refractivity contribution in [3.05, 3.63) is 23.5 Å². The molecule has 0 unspecified atom stereocenters. The fourth-order valence-electron chi connectivity index (χ4n) is 1.94. The zero-order valence-corrected chi connectivity index (χ0v) is 13.4. The van der Waals surface area contributed by atoms with Crippen molar-refractivity contribution in [1.82, 2.24) is 20.1 Å². The third kappa shape index (κ3) is 2.76. The molecule has 0 aliphatic carbocycles. The minimum absolute atomic E-state index is 0.264. The Labute approximate surface area is 124 Å². The Kier molecular flexibility index (Phi) is 3.53. The molecule has 6 heteroatoms. The fourth-order valence-corrected chi connectivity index (χ4v) is 1.94. The molecule has 0 saturated heterocycles. The second kappa shape index (κ2) is 4.80. The number of aliphatic hydroxyl groups is 1. The number of amides is 1. The maximum Gasteiger partial charge on any atom is 0.253 e. The highest BCUT2D eigenvalue weighted by Gasteiger charge is 2.36. The second-order valence-corrected chi connectivity index (χ2v) is 6.44. The summed E-state index contributed by atoms with van der Waals surface area (Å²) in [5.74, 6) is -0.264. The lowest BCUT2D eigenvalue weighted by Crippen LogP contribution is -2.57. The maximum atomic E-state index is 12.4. The van der Waals surface area contributed by atoms with Crippen molar-refractivity contribution in [1.29, 1.82) is 0 Å². The Bertz CT molecular complexity index is 695. The first-order valence-corrected chi connectivity index (χ1v) is 6.87. The summed E-state index contributed by atoms with van der Waals surface area (Å²) in [7, 11) is 1.82. The topological polar surface area (TPSA) is 80.0 Å². The van der Waals surface area contributed by atoms with Crippen LogP contribution in [0.2, 0.25) is 0 Å². The summed E-state index contributed by atoms with van der Waals surface area (Å²) < 4.78 is 1.69. The first kappa shape index (κ1) is 15.4. The van der Waals surface area contributed by atoms with E-state index in [2.05, 4.69) is 15.4 Å². The number of aromatic nitrogens is 3. The van der Waals surface area contributed by atoms with E-state index < -0.39 is 11.1 Å². The first-order valence-electron chi connectivity index (χ1n) is 6.87. The van der Waals surface area contributed by atoms with Crippen LogP contribution in [0.5, 0.6) is 0 Å². The highest BCUT2D eigenvalue weighted by molar-refractivity contribution is 5.97. The van der Waals surface area contributed by atoms with Crippen LogP contribution in [0.4, 0.5) is 0 Å². The van der Waals surface area contributed by atoms with E-state index in [-0.39, 0.29) is 5.91 Å². The van der Waals surface area contributed by atoms with Gasteiger partial charge in [-0.3, -0.25) is 9.48 Å². The van der Waals surface area contributed by atoms with E-state index in [1.54, 1.807) is 38.4 Å². The predicted octanol–water partition coefficient (Wildman–Crippen LogP) is 1.56. The number of aryl methyl sites for hydroxylation is 2. The molecule has 2 N–H and O–H groups in total. The maximum absolute atomic E-state index is 12.4. The highest BCUT2D eigenvalue weighted by Crippen LogP contribution is 2.22. The van der Waals surface area contributed by atoms with Crippen molar-refractivity contribution in [2.24, 2.45) is 7.05 Å². The SMILES string of the molecule is Cc1nn(C)c2ncc(C(=O)NC(C)(C)C(C)(C)O)cc12. The van der Waals surface area contributed by atoms with E-state index >= 15 is 0 Å². The highest BCUT2D eigenvalue weighted by atomic mass is 16.3. The Morgan fingerprint density at radius 1 is 1.33 bits per heavy atom. The van der Waals surface area contributed by atoms with Gasteiger partial charge in [0.1, 0.15) is 0 Å². The number of rotatable bonds is 3. The lowest BCUT2D eigenvalue weighted by Gasteiger charge is -2.37. The predicted molar refractivity (Wildman–Crippen MR) is 81.1 cm³/mol. The number of carbonyl (C=O) groups is 1. The van der Waals surface area contributed by atoms with Crippen LogP contribution in [0.3, 0.4) is 0 Å². The van der Waals surface area contributed by atoms with Gasteiger partial charge in [0.25, 0.3) is 5.91 Å². The minimum Gasteiger partial charge on any atom is -0.388 e. The molecule has 0 saturated carbocycles. The molecule has 0 spiro atoms.